The quantitative estimate of drug-likeness (QED) is 0.562. The van der Waals surface area contributed by atoms with Crippen LogP contribution in [0, 0.1) is 0 Å². The SMILES string of the molecule is COc1ccc(CN2CCCC(c3nn(CCNC(C)=O)c4ncccc34)C2)cc1CO. The van der Waals surface area contributed by atoms with Gasteiger partial charge in [-0.15, -0.1) is 0 Å². The summed E-state index contributed by atoms with van der Waals surface area (Å²) in [5, 5.41) is 18.5. The van der Waals surface area contributed by atoms with E-state index in [9.17, 15) is 9.90 Å². The van der Waals surface area contributed by atoms with Crippen molar-refractivity contribution < 1.29 is 14.6 Å². The highest BCUT2D eigenvalue weighted by molar-refractivity contribution is 5.79. The topological polar surface area (TPSA) is 92.5 Å². The molecule has 1 aromatic carbocycles. The summed E-state index contributed by atoms with van der Waals surface area (Å²) in [4.78, 5) is 18.2. The molecule has 2 N–H and O–H groups in total. The fraction of sp³-hybridized carbons (Fsp3) is 0.458. The highest BCUT2D eigenvalue weighted by Gasteiger charge is 2.26. The largest absolute Gasteiger partial charge is 0.496 e. The number of ether oxygens (including phenoxy) is 1. The predicted octanol–water partition coefficient (Wildman–Crippen LogP) is 2.45. The number of pyridine rings is 1. The van der Waals surface area contributed by atoms with Gasteiger partial charge in [-0.2, -0.15) is 5.10 Å². The predicted molar refractivity (Wildman–Crippen MR) is 122 cm³/mol. The van der Waals surface area contributed by atoms with E-state index in [1.165, 1.54) is 12.5 Å². The molecule has 0 spiro atoms. The third-order valence-electron chi connectivity index (χ3n) is 6.05. The zero-order valence-corrected chi connectivity index (χ0v) is 18.8. The lowest BCUT2D eigenvalue weighted by atomic mass is 9.93. The molecular formula is C24H31N5O3. The number of fused-ring (bicyclic) bond motifs is 1. The minimum Gasteiger partial charge on any atom is -0.496 e. The van der Waals surface area contributed by atoms with Crippen molar-refractivity contribution in [1.82, 2.24) is 25.0 Å². The minimum absolute atomic E-state index is 0.0332. The van der Waals surface area contributed by atoms with Gasteiger partial charge in [0.15, 0.2) is 5.65 Å². The number of aliphatic hydroxyl groups excluding tert-OH is 1. The smallest absolute Gasteiger partial charge is 0.216 e. The number of likely N-dealkylation sites (tertiary alicyclic amines) is 1. The molecule has 170 valence electrons. The van der Waals surface area contributed by atoms with Crippen molar-refractivity contribution in [3.05, 3.63) is 53.3 Å². The van der Waals surface area contributed by atoms with Crippen LogP contribution in [0.25, 0.3) is 11.0 Å². The number of nitrogens with one attached hydrogen (secondary N) is 1. The zero-order valence-electron chi connectivity index (χ0n) is 18.8. The summed E-state index contributed by atoms with van der Waals surface area (Å²) >= 11 is 0. The molecular weight excluding hydrogens is 406 g/mol. The molecule has 1 atom stereocenters. The number of carbonyl (C=O) groups is 1. The van der Waals surface area contributed by atoms with Crippen LogP contribution in [-0.4, -0.2) is 57.4 Å². The Balaban J connectivity index is 1.51. The van der Waals surface area contributed by atoms with Gasteiger partial charge in [-0.1, -0.05) is 6.07 Å². The summed E-state index contributed by atoms with van der Waals surface area (Å²) in [5.41, 5.74) is 3.94. The highest BCUT2D eigenvalue weighted by Crippen LogP contribution is 2.32. The van der Waals surface area contributed by atoms with Crippen LogP contribution in [0.15, 0.2) is 36.5 Å². The molecule has 1 unspecified atom stereocenters. The van der Waals surface area contributed by atoms with Gasteiger partial charge in [-0.25, -0.2) is 9.67 Å². The molecule has 0 aliphatic carbocycles. The summed E-state index contributed by atoms with van der Waals surface area (Å²) in [6.45, 7) is 5.40. The molecule has 0 saturated carbocycles. The Morgan fingerprint density at radius 3 is 3.00 bits per heavy atom. The van der Waals surface area contributed by atoms with E-state index in [1.54, 1.807) is 13.3 Å². The first-order valence-electron chi connectivity index (χ1n) is 11.1. The van der Waals surface area contributed by atoms with Crippen LogP contribution in [-0.2, 0) is 24.5 Å². The lowest BCUT2D eigenvalue weighted by molar-refractivity contribution is -0.118. The van der Waals surface area contributed by atoms with Gasteiger partial charge in [0.05, 0.1) is 26.0 Å². The van der Waals surface area contributed by atoms with Crippen LogP contribution in [0.5, 0.6) is 5.75 Å². The molecule has 8 nitrogen and oxygen atoms in total. The molecule has 1 amide bonds. The fourth-order valence-corrected chi connectivity index (χ4v) is 4.56. The Morgan fingerprint density at radius 1 is 1.34 bits per heavy atom. The number of hydrogen-bond acceptors (Lipinski definition) is 6. The number of aliphatic hydroxyl groups is 1. The normalized spacial score (nSPS) is 16.9. The van der Waals surface area contributed by atoms with Crippen molar-refractivity contribution in [1.29, 1.82) is 0 Å². The molecule has 2 aromatic heterocycles. The monoisotopic (exact) mass is 437 g/mol. The van der Waals surface area contributed by atoms with Crippen molar-refractivity contribution in [3.8, 4) is 5.75 Å². The van der Waals surface area contributed by atoms with Crippen LogP contribution in [0.3, 0.4) is 0 Å². The molecule has 1 saturated heterocycles. The second-order valence-electron chi connectivity index (χ2n) is 8.34. The second-order valence-corrected chi connectivity index (χ2v) is 8.34. The van der Waals surface area contributed by atoms with E-state index in [1.807, 2.05) is 22.9 Å². The van der Waals surface area contributed by atoms with E-state index in [0.29, 0.717) is 19.0 Å². The summed E-state index contributed by atoms with van der Waals surface area (Å²) in [6.07, 6.45) is 3.99. The maximum absolute atomic E-state index is 11.2. The maximum atomic E-state index is 11.2. The van der Waals surface area contributed by atoms with E-state index in [0.717, 1.165) is 60.5 Å². The van der Waals surface area contributed by atoms with E-state index in [-0.39, 0.29) is 12.5 Å². The first-order chi connectivity index (χ1) is 15.6. The van der Waals surface area contributed by atoms with Gasteiger partial charge in [-0.05, 0) is 49.2 Å². The summed E-state index contributed by atoms with van der Waals surface area (Å²) in [7, 11) is 1.62. The molecule has 3 heterocycles. The van der Waals surface area contributed by atoms with E-state index >= 15 is 0 Å². The Kier molecular flexibility index (Phi) is 7.02. The standard InChI is InChI=1S/C24H31N5O3/c1-17(31)25-10-12-29-24-21(6-3-9-26-24)23(27-29)19-5-4-11-28(15-19)14-18-7-8-22(32-2)20(13-18)16-30/h3,6-9,13,19,30H,4-5,10-12,14-16H2,1-2H3,(H,25,31). The van der Waals surface area contributed by atoms with Crippen molar-refractivity contribution in [3.63, 3.8) is 0 Å². The van der Waals surface area contributed by atoms with Crippen molar-refractivity contribution in [2.24, 2.45) is 0 Å². The van der Waals surface area contributed by atoms with Crippen LogP contribution in [0.4, 0.5) is 0 Å². The Bertz CT molecular complexity index is 1080. The van der Waals surface area contributed by atoms with Crippen LogP contribution in [0.1, 0.15) is 42.5 Å². The summed E-state index contributed by atoms with van der Waals surface area (Å²) in [6, 6.07) is 10.1. The molecule has 32 heavy (non-hydrogen) atoms. The summed E-state index contributed by atoms with van der Waals surface area (Å²) in [5.74, 6) is 1.00. The molecule has 0 radical (unpaired) electrons. The third-order valence-corrected chi connectivity index (χ3v) is 6.05. The zero-order chi connectivity index (χ0) is 22.5. The number of nitrogens with zero attached hydrogens (tertiary/aromatic N) is 4. The van der Waals surface area contributed by atoms with Gasteiger partial charge in [0, 0.05) is 49.6 Å². The van der Waals surface area contributed by atoms with Crippen molar-refractivity contribution >= 4 is 16.9 Å². The minimum atomic E-state index is -0.0412. The van der Waals surface area contributed by atoms with E-state index in [4.69, 9.17) is 9.84 Å². The van der Waals surface area contributed by atoms with E-state index in [2.05, 4.69) is 27.3 Å². The van der Waals surface area contributed by atoms with Gasteiger partial charge in [0.1, 0.15) is 5.75 Å². The second kappa shape index (κ2) is 10.1. The molecule has 8 heteroatoms. The Morgan fingerprint density at radius 2 is 2.22 bits per heavy atom. The summed E-state index contributed by atoms with van der Waals surface area (Å²) < 4.78 is 7.24. The van der Waals surface area contributed by atoms with Gasteiger partial charge in [-0.3, -0.25) is 9.69 Å². The molecule has 1 aliphatic rings. The number of rotatable bonds is 8. The number of carbonyl (C=O) groups excluding carboxylic acids is 1. The Labute approximate surface area is 188 Å². The van der Waals surface area contributed by atoms with Crippen LogP contribution in [0.2, 0.25) is 0 Å². The third kappa shape index (κ3) is 4.92. The number of hydrogen-bond donors (Lipinski definition) is 2. The van der Waals surface area contributed by atoms with Gasteiger partial charge < -0.3 is 15.2 Å². The average molecular weight is 438 g/mol. The molecule has 1 fully saturated rings. The van der Waals surface area contributed by atoms with Crippen LogP contribution >= 0.6 is 0 Å². The average Bonchev–Trinajstić information content (AvgIpc) is 3.18. The van der Waals surface area contributed by atoms with Gasteiger partial charge in [0.25, 0.3) is 0 Å². The number of methoxy groups -OCH3 is 1. The van der Waals surface area contributed by atoms with E-state index < -0.39 is 0 Å². The maximum Gasteiger partial charge on any atom is 0.216 e. The molecule has 4 rings (SSSR count). The molecule has 3 aromatic rings. The number of piperidine rings is 1. The number of aromatic nitrogens is 3. The first-order valence-corrected chi connectivity index (χ1v) is 11.1. The van der Waals surface area contributed by atoms with Crippen LogP contribution < -0.4 is 10.1 Å². The van der Waals surface area contributed by atoms with Crippen molar-refractivity contribution in [2.45, 2.75) is 45.4 Å². The first kappa shape index (κ1) is 22.2. The Hall–Kier alpha value is -2.97. The highest BCUT2D eigenvalue weighted by atomic mass is 16.5. The number of benzene rings is 1. The fourth-order valence-electron chi connectivity index (χ4n) is 4.56. The number of amides is 1. The molecule has 0 bridgehead atoms. The van der Waals surface area contributed by atoms with Gasteiger partial charge >= 0.3 is 0 Å². The van der Waals surface area contributed by atoms with Gasteiger partial charge in [0.2, 0.25) is 5.91 Å². The van der Waals surface area contributed by atoms with Crippen molar-refractivity contribution in [2.75, 3.05) is 26.7 Å². The lowest BCUT2D eigenvalue weighted by Gasteiger charge is -2.32. The lowest BCUT2D eigenvalue weighted by Crippen LogP contribution is -2.34. The molecule has 1 aliphatic heterocycles.